The van der Waals surface area contributed by atoms with Gasteiger partial charge in [-0.15, -0.1) is 0 Å². The van der Waals surface area contributed by atoms with Crippen molar-refractivity contribution >= 4 is 23.9 Å². The maximum Gasteiger partial charge on any atom is 0.410 e. The first-order chi connectivity index (χ1) is 18.1. The molecule has 1 fully saturated rings. The number of hydrogen-bond donors (Lipinski definition) is 2. The highest BCUT2D eigenvalue weighted by molar-refractivity contribution is 5.93. The summed E-state index contributed by atoms with van der Waals surface area (Å²) in [5.74, 6) is -1.55. The van der Waals surface area contributed by atoms with Gasteiger partial charge in [0.2, 0.25) is 11.8 Å². The summed E-state index contributed by atoms with van der Waals surface area (Å²) in [6.07, 6.45) is 0.988. The van der Waals surface area contributed by atoms with Gasteiger partial charge >= 0.3 is 12.1 Å². The molecular formula is C29H37N3O6. The maximum atomic E-state index is 13.5. The molecule has 0 saturated carbocycles. The predicted molar refractivity (Wildman–Crippen MR) is 142 cm³/mol. The number of nitrogens with zero attached hydrogens (tertiary/aromatic N) is 1. The number of amides is 3. The lowest BCUT2D eigenvalue weighted by Gasteiger charge is -2.29. The molecule has 0 radical (unpaired) electrons. The molecule has 204 valence electrons. The van der Waals surface area contributed by atoms with Gasteiger partial charge in [0.15, 0.2) is 0 Å². The summed E-state index contributed by atoms with van der Waals surface area (Å²) < 4.78 is 10.4. The lowest BCUT2D eigenvalue weighted by Crippen LogP contribution is -2.56. The second kappa shape index (κ2) is 13.1. The molecular weight excluding hydrogens is 486 g/mol. The van der Waals surface area contributed by atoms with Crippen LogP contribution in [0.15, 0.2) is 60.7 Å². The Morgan fingerprint density at radius 3 is 1.97 bits per heavy atom. The normalized spacial score (nSPS) is 16.7. The van der Waals surface area contributed by atoms with E-state index in [-0.39, 0.29) is 12.8 Å². The Hall–Kier alpha value is -3.88. The van der Waals surface area contributed by atoms with Gasteiger partial charge in [-0.3, -0.25) is 14.5 Å². The summed E-state index contributed by atoms with van der Waals surface area (Å²) in [5, 5.41) is 5.59. The zero-order chi connectivity index (χ0) is 27.7. The molecule has 2 aromatic carbocycles. The highest BCUT2D eigenvalue weighted by atomic mass is 16.6. The molecule has 2 aromatic rings. The first kappa shape index (κ1) is 28.7. The van der Waals surface area contributed by atoms with E-state index in [2.05, 4.69) is 10.6 Å². The molecule has 1 saturated heterocycles. The van der Waals surface area contributed by atoms with Gasteiger partial charge in [-0.2, -0.15) is 0 Å². The van der Waals surface area contributed by atoms with Crippen LogP contribution in [0.2, 0.25) is 0 Å². The van der Waals surface area contributed by atoms with E-state index in [1.165, 1.54) is 12.0 Å². The van der Waals surface area contributed by atoms with Gasteiger partial charge < -0.3 is 20.1 Å². The van der Waals surface area contributed by atoms with Gasteiger partial charge in [0.25, 0.3) is 0 Å². The van der Waals surface area contributed by atoms with E-state index in [1.807, 2.05) is 60.7 Å². The van der Waals surface area contributed by atoms with E-state index < -0.39 is 47.6 Å². The van der Waals surface area contributed by atoms with Gasteiger partial charge in [0.1, 0.15) is 23.7 Å². The molecule has 1 heterocycles. The zero-order valence-corrected chi connectivity index (χ0v) is 22.4. The Labute approximate surface area is 223 Å². The highest BCUT2D eigenvalue weighted by Crippen LogP contribution is 2.21. The van der Waals surface area contributed by atoms with E-state index in [9.17, 15) is 19.2 Å². The second-order valence-electron chi connectivity index (χ2n) is 10.4. The summed E-state index contributed by atoms with van der Waals surface area (Å²) in [5.41, 5.74) is 0.991. The van der Waals surface area contributed by atoms with Crippen LogP contribution in [0, 0.1) is 0 Å². The van der Waals surface area contributed by atoms with Crippen LogP contribution in [-0.2, 0) is 36.7 Å². The Bertz CT molecular complexity index is 1100. The predicted octanol–water partition coefficient (Wildman–Crippen LogP) is 3.01. The number of carbonyl (C=O) groups excluding carboxylic acids is 4. The molecule has 0 aliphatic carbocycles. The van der Waals surface area contributed by atoms with Gasteiger partial charge in [0, 0.05) is 19.4 Å². The number of carbonyl (C=O) groups is 4. The third kappa shape index (κ3) is 8.33. The molecule has 0 spiro atoms. The molecule has 9 heteroatoms. The number of esters is 1. The van der Waals surface area contributed by atoms with E-state index in [1.54, 1.807) is 20.8 Å². The standard InChI is InChI=1S/C29H37N3O6/c1-29(2,3)38-28(36)32-17-11-16-24(32)26(34)30-22(18-20-12-7-5-8-13-20)25(33)31-23(27(35)37-4)19-21-14-9-6-10-15-21/h5-10,12-15,22-24H,11,16-19H2,1-4H3,(H,30,34)(H,31,33)/t22-,23-,24+/m0/s1. The average molecular weight is 524 g/mol. The van der Waals surface area contributed by atoms with Crippen molar-refractivity contribution in [3.05, 3.63) is 71.8 Å². The van der Waals surface area contributed by atoms with Gasteiger partial charge in [0.05, 0.1) is 7.11 Å². The fourth-order valence-corrected chi connectivity index (χ4v) is 4.36. The summed E-state index contributed by atoms with van der Waals surface area (Å²) in [7, 11) is 1.26. The fraction of sp³-hybridized carbons (Fsp3) is 0.448. The average Bonchev–Trinajstić information content (AvgIpc) is 3.38. The SMILES string of the molecule is COC(=O)[C@H](Cc1ccccc1)NC(=O)[C@H](Cc1ccccc1)NC(=O)[C@H]1CCCN1C(=O)OC(C)(C)C. The summed E-state index contributed by atoms with van der Waals surface area (Å²) >= 11 is 0. The topological polar surface area (TPSA) is 114 Å². The van der Waals surface area contributed by atoms with Crippen LogP contribution in [0.3, 0.4) is 0 Å². The van der Waals surface area contributed by atoms with Crippen LogP contribution in [-0.4, -0.2) is 66.2 Å². The molecule has 3 atom stereocenters. The lowest BCUT2D eigenvalue weighted by atomic mass is 10.0. The first-order valence-corrected chi connectivity index (χ1v) is 12.8. The number of ether oxygens (including phenoxy) is 2. The number of likely N-dealkylation sites (tertiary alicyclic amines) is 1. The largest absolute Gasteiger partial charge is 0.467 e. The van der Waals surface area contributed by atoms with Crippen LogP contribution in [0.1, 0.15) is 44.7 Å². The molecule has 38 heavy (non-hydrogen) atoms. The van der Waals surface area contributed by atoms with Crippen LogP contribution in [0.25, 0.3) is 0 Å². The quantitative estimate of drug-likeness (QED) is 0.489. The van der Waals surface area contributed by atoms with E-state index >= 15 is 0 Å². The number of rotatable bonds is 9. The Morgan fingerprint density at radius 1 is 0.895 bits per heavy atom. The van der Waals surface area contributed by atoms with Crippen molar-refractivity contribution in [2.75, 3.05) is 13.7 Å². The first-order valence-electron chi connectivity index (χ1n) is 12.8. The minimum Gasteiger partial charge on any atom is -0.467 e. The molecule has 2 N–H and O–H groups in total. The van der Waals surface area contributed by atoms with Gasteiger partial charge in [-0.25, -0.2) is 9.59 Å². The molecule has 0 aromatic heterocycles. The maximum absolute atomic E-state index is 13.5. The molecule has 1 aliphatic rings. The van der Waals surface area contributed by atoms with Crippen molar-refractivity contribution in [2.24, 2.45) is 0 Å². The smallest absolute Gasteiger partial charge is 0.410 e. The van der Waals surface area contributed by atoms with Gasteiger partial charge in [-0.1, -0.05) is 60.7 Å². The molecule has 3 amide bonds. The van der Waals surface area contributed by atoms with Crippen molar-refractivity contribution < 1.29 is 28.7 Å². The van der Waals surface area contributed by atoms with Crippen molar-refractivity contribution in [2.45, 2.75) is 70.2 Å². The van der Waals surface area contributed by atoms with Gasteiger partial charge in [-0.05, 0) is 44.7 Å². The zero-order valence-electron chi connectivity index (χ0n) is 22.4. The Balaban J connectivity index is 1.78. The summed E-state index contributed by atoms with van der Waals surface area (Å²) in [6.45, 7) is 5.69. The summed E-state index contributed by atoms with van der Waals surface area (Å²) in [4.78, 5) is 53.5. The number of hydrogen-bond acceptors (Lipinski definition) is 6. The Morgan fingerprint density at radius 2 is 1.45 bits per heavy atom. The van der Waals surface area contributed by atoms with Crippen LogP contribution in [0.4, 0.5) is 4.79 Å². The van der Waals surface area contributed by atoms with Crippen molar-refractivity contribution in [3.63, 3.8) is 0 Å². The third-order valence-electron chi connectivity index (χ3n) is 6.18. The van der Waals surface area contributed by atoms with E-state index in [0.717, 1.165) is 11.1 Å². The van der Waals surface area contributed by atoms with Crippen LogP contribution >= 0.6 is 0 Å². The fourth-order valence-electron chi connectivity index (χ4n) is 4.36. The molecule has 0 bridgehead atoms. The van der Waals surface area contributed by atoms with Crippen molar-refractivity contribution in [3.8, 4) is 0 Å². The summed E-state index contributed by atoms with van der Waals surface area (Å²) in [6, 6.07) is 15.9. The lowest BCUT2D eigenvalue weighted by molar-refractivity contribution is -0.145. The number of nitrogens with one attached hydrogen (secondary N) is 2. The van der Waals surface area contributed by atoms with Crippen LogP contribution in [0.5, 0.6) is 0 Å². The monoisotopic (exact) mass is 523 g/mol. The number of benzene rings is 2. The van der Waals surface area contributed by atoms with E-state index in [4.69, 9.17) is 9.47 Å². The molecule has 9 nitrogen and oxygen atoms in total. The highest BCUT2D eigenvalue weighted by Gasteiger charge is 2.38. The van der Waals surface area contributed by atoms with E-state index in [0.29, 0.717) is 19.4 Å². The molecule has 3 rings (SSSR count). The molecule has 1 aliphatic heterocycles. The second-order valence-corrected chi connectivity index (χ2v) is 10.4. The van der Waals surface area contributed by atoms with Crippen molar-refractivity contribution in [1.82, 2.24) is 15.5 Å². The van der Waals surface area contributed by atoms with Crippen LogP contribution < -0.4 is 10.6 Å². The molecule has 0 unspecified atom stereocenters. The minimum absolute atomic E-state index is 0.205. The third-order valence-corrected chi connectivity index (χ3v) is 6.18. The minimum atomic E-state index is -0.978. The number of methoxy groups -OCH3 is 1. The Kier molecular flexibility index (Phi) is 9.87. The van der Waals surface area contributed by atoms with Crippen molar-refractivity contribution in [1.29, 1.82) is 0 Å².